The molecule has 0 radical (unpaired) electrons. The maximum Gasteiger partial charge on any atom is 0.241 e. The van der Waals surface area contributed by atoms with Gasteiger partial charge in [0, 0.05) is 25.7 Å². The number of hydrogen-bond donors (Lipinski definition) is 3. The zero-order valence-corrected chi connectivity index (χ0v) is 7.05. The van der Waals surface area contributed by atoms with Crippen molar-refractivity contribution in [1.29, 1.82) is 0 Å². The van der Waals surface area contributed by atoms with Gasteiger partial charge in [0.1, 0.15) is 0 Å². The molecular weight excluding hydrogens is 154 g/mol. The Balaban J connectivity index is 2.17. The lowest BCUT2D eigenvalue weighted by molar-refractivity contribution is -0.113. The Hall–Kier alpha value is -0.870. The Bertz CT molecular complexity index is 173. The highest BCUT2D eigenvalue weighted by molar-refractivity contribution is 5.85. The number of nitrogens with one attached hydrogen (secondary N) is 2. The van der Waals surface area contributed by atoms with Crippen LogP contribution in [0.1, 0.15) is 6.42 Å². The summed E-state index contributed by atoms with van der Waals surface area (Å²) in [6.07, 6.45) is 4.08. The molecule has 0 saturated carbocycles. The summed E-state index contributed by atoms with van der Waals surface area (Å²) in [5, 5.41) is 6.59. The lowest BCUT2D eigenvalue weighted by atomic mass is 10.1. The summed E-state index contributed by atoms with van der Waals surface area (Å²) >= 11 is 0. The Morgan fingerprint density at radius 2 is 2.42 bits per heavy atom. The molecule has 12 heavy (non-hydrogen) atoms. The van der Waals surface area contributed by atoms with Crippen LogP contribution >= 0.6 is 0 Å². The van der Waals surface area contributed by atoms with E-state index in [4.69, 9.17) is 5.73 Å². The molecule has 1 unspecified atom stereocenters. The summed E-state index contributed by atoms with van der Waals surface area (Å²) < 4.78 is 0. The predicted octanol–water partition coefficient (Wildman–Crippen LogP) is -1.02. The summed E-state index contributed by atoms with van der Waals surface area (Å²) in [5.74, 6) is -0.376. The van der Waals surface area contributed by atoms with Crippen LogP contribution in [0, 0.1) is 0 Å². The van der Waals surface area contributed by atoms with Crippen molar-refractivity contribution in [3.05, 3.63) is 12.2 Å². The largest absolute Gasteiger partial charge is 0.366 e. The summed E-state index contributed by atoms with van der Waals surface area (Å²) in [6, 6.07) is 0.439. The van der Waals surface area contributed by atoms with Crippen LogP contribution < -0.4 is 16.4 Å². The molecule has 1 aliphatic heterocycles. The van der Waals surface area contributed by atoms with Crippen LogP contribution in [0.2, 0.25) is 0 Å². The van der Waals surface area contributed by atoms with Gasteiger partial charge in [-0.1, -0.05) is 6.08 Å². The minimum absolute atomic E-state index is 0.376. The molecule has 68 valence electrons. The van der Waals surface area contributed by atoms with E-state index in [0.717, 1.165) is 26.1 Å². The van der Waals surface area contributed by atoms with Crippen LogP contribution in [0.25, 0.3) is 0 Å². The zero-order chi connectivity index (χ0) is 8.81. The van der Waals surface area contributed by atoms with Crippen LogP contribution in [0.4, 0.5) is 0 Å². The first-order valence-corrected chi connectivity index (χ1v) is 4.19. The molecular formula is C8H15N3O. The van der Waals surface area contributed by atoms with Gasteiger partial charge in [0.05, 0.1) is 0 Å². The molecule has 0 aliphatic carbocycles. The van der Waals surface area contributed by atoms with E-state index < -0.39 is 0 Å². The van der Waals surface area contributed by atoms with E-state index in [9.17, 15) is 4.79 Å². The van der Waals surface area contributed by atoms with Gasteiger partial charge >= 0.3 is 0 Å². The van der Waals surface area contributed by atoms with E-state index in [0.29, 0.717) is 6.04 Å². The lowest BCUT2D eigenvalue weighted by Gasteiger charge is -2.23. The van der Waals surface area contributed by atoms with E-state index in [1.54, 1.807) is 0 Å². The number of nitrogens with two attached hydrogens (primary N) is 1. The fourth-order valence-corrected chi connectivity index (χ4v) is 1.23. The number of hydrogen-bond acceptors (Lipinski definition) is 3. The summed E-state index contributed by atoms with van der Waals surface area (Å²) in [5.41, 5.74) is 4.95. The molecule has 1 atom stereocenters. The monoisotopic (exact) mass is 169 g/mol. The van der Waals surface area contributed by atoms with Gasteiger partial charge in [0.15, 0.2) is 0 Å². The first kappa shape index (κ1) is 9.22. The maximum atomic E-state index is 10.3. The molecule has 1 amide bonds. The molecule has 1 rings (SSSR count). The molecule has 0 bridgehead atoms. The standard InChI is InChI=1S/C8H15N3O/c9-8(12)3-1-2-7-6-10-4-5-11-7/h1,3,7,10-11H,2,4-6H2,(H2,9,12). The van der Waals surface area contributed by atoms with Gasteiger partial charge in [0.2, 0.25) is 5.91 Å². The quantitative estimate of drug-likeness (QED) is 0.474. The van der Waals surface area contributed by atoms with Crippen molar-refractivity contribution in [3.63, 3.8) is 0 Å². The third-order valence-electron chi connectivity index (χ3n) is 1.83. The first-order valence-electron chi connectivity index (χ1n) is 4.19. The van der Waals surface area contributed by atoms with Crippen molar-refractivity contribution >= 4 is 5.91 Å². The molecule has 0 aromatic carbocycles. The van der Waals surface area contributed by atoms with Gasteiger partial charge in [0.25, 0.3) is 0 Å². The van der Waals surface area contributed by atoms with Crippen molar-refractivity contribution in [1.82, 2.24) is 10.6 Å². The van der Waals surface area contributed by atoms with E-state index >= 15 is 0 Å². The highest BCUT2D eigenvalue weighted by atomic mass is 16.1. The van der Waals surface area contributed by atoms with E-state index in [1.807, 2.05) is 6.08 Å². The number of carbonyl (C=O) groups is 1. The third kappa shape index (κ3) is 3.50. The van der Waals surface area contributed by atoms with Crippen LogP contribution in [0.5, 0.6) is 0 Å². The average Bonchev–Trinajstić information content (AvgIpc) is 2.05. The Kier molecular flexibility index (Phi) is 3.76. The molecule has 1 heterocycles. The third-order valence-corrected chi connectivity index (χ3v) is 1.83. The first-order chi connectivity index (χ1) is 5.79. The topological polar surface area (TPSA) is 67.2 Å². The van der Waals surface area contributed by atoms with Gasteiger partial charge in [-0.15, -0.1) is 0 Å². The second kappa shape index (κ2) is 4.90. The molecule has 0 aromatic heterocycles. The van der Waals surface area contributed by atoms with Gasteiger partial charge < -0.3 is 16.4 Å². The van der Waals surface area contributed by atoms with Crippen LogP contribution in [0.15, 0.2) is 12.2 Å². The van der Waals surface area contributed by atoms with Crippen molar-refractivity contribution in [2.45, 2.75) is 12.5 Å². The van der Waals surface area contributed by atoms with Crippen molar-refractivity contribution in [2.24, 2.45) is 5.73 Å². The van der Waals surface area contributed by atoms with Crippen molar-refractivity contribution in [3.8, 4) is 0 Å². The Morgan fingerprint density at radius 1 is 1.58 bits per heavy atom. The summed E-state index contributed by atoms with van der Waals surface area (Å²) in [6.45, 7) is 2.98. The molecule has 0 aromatic rings. The molecule has 1 aliphatic rings. The molecule has 4 N–H and O–H groups in total. The Morgan fingerprint density at radius 3 is 3.00 bits per heavy atom. The highest BCUT2D eigenvalue weighted by Crippen LogP contribution is 1.94. The van der Waals surface area contributed by atoms with Gasteiger partial charge in [-0.2, -0.15) is 0 Å². The SMILES string of the molecule is NC(=O)C=CCC1CNCCN1. The van der Waals surface area contributed by atoms with Crippen LogP contribution in [-0.2, 0) is 4.79 Å². The van der Waals surface area contributed by atoms with Crippen molar-refractivity contribution in [2.75, 3.05) is 19.6 Å². The Labute approximate surface area is 72.2 Å². The minimum Gasteiger partial charge on any atom is -0.366 e. The molecule has 1 saturated heterocycles. The molecule has 4 nitrogen and oxygen atoms in total. The number of primary amides is 1. The minimum atomic E-state index is -0.376. The second-order valence-electron chi connectivity index (χ2n) is 2.90. The zero-order valence-electron chi connectivity index (χ0n) is 7.05. The van der Waals surface area contributed by atoms with Gasteiger partial charge in [-0.3, -0.25) is 4.79 Å². The highest BCUT2D eigenvalue weighted by Gasteiger charge is 2.08. The van der Waals surface area contributed by atoms with Gasteiger partial charge in [-0.25, -0.2) is 0 Å². The number of amides is 1. The smallest absolute Gasteiger partial charge is 0.241 e. The van der Waals surface area contributed by atoms with E-state index in [-0.39, 0.29) is 5.91 Å². The average molecular weight is 169 g/mol. The molecule has 0 spiro atoms. The summed E-state index contributed by atoms with van der Waals surface area (Å²) in [4.78, 5) is 10.3. The van der Waals surface area contributed by atoms with Crippen molar-refractivity contribution < 1.29 is 4.79 Å². The van der Waals surface area contributed by atoms with Crippen LogP contribution in [-0.4, -0.2) is 31.6 Å². The maximum absolute atomic E-state index is 10.3. The number of rotatable bonds is 3. The number of piperazine rings is 1. The predicted molar refractivity (Wildman–Crippen MR) is 47.6 cm³/mol. The fraction of sp³-hybridized carbons (Fsp3) is 0.625. The fourth-order valence-electron chi connectivity index (χ4n) is 1.23. The summed E-state index contributed by atoms with van der Waals surface area (Å²) in [7, 11) is 0. The van der Waals surface area contributed by atoms with E-state index in [1.165, 1.54) is 6.08 Å². The van der Waals surface area contributed by atoms with E-state index in [2.05, 4.69) is 10.6 Å². The second-order valence-corrected chi connectivity index (χ2v) is 2.90. The number of carbonyl (C=O) groups excluding carboxylic acids is 1. The molecule has 4 heteroatoms. The van der Waals surface area contributed by atoms with Gasteiger partial charge in [-0.05, 0) is 12.5 Å². The van der Waals surface area contributed by atoms with Crippen LogP contribution in [0.3, 0.4) is 0 Å². The normalized spacial score (nSPS) is 24.5. The lowest BCUT2D eigenvalue weighted by Crippen LogP contribution is -2.47. The molecule has 1 fully saturated rings.